The lowest BCUT2D eigenvalue weighted by atomic mass is 9.95. The molecule has 2 rings (SSSR count). The maximum Gasteiger partial charge on any atom is 0.134 e. The number of halogens is 1. The van der Waals surface area contributed by atoms with E-state index in [2.05, 4.69) is 9.97 Å². The molecule has 1 aromatic carbocycles. The molecule has 0 atom stereocenters. The second kappa shape index (κ2) is 5.00. The summed E-state index contributed by atoms with van der Waals surface area (Å²) in [5.41, 5.74) is 0.0668. The van der Waals surface area contributed by atoms with E-state index in [9.17, 15) is 14.3 Å². The van der Waals surface area contributed by atoms with Crippen molar-refractivity contribution in [3.05, 3.63) is 47.7 Å². The lowest BCUT2D eigenvalue weighted by Gasteiger charge is -2.19. The highest BCUT2D eigenvalue weighted by Crippen LogP contribution is 2.25. The third kappa shape index (κ3) is 2.82. The van der Waals surface area contributed by atoms with Crippen LogP contribution in [0.1, 0.15) is 37.0 Å². The van der Waals surface area contributed by atoms with E-state index in [1.54, 1.807) is 6.07 Å². The Hall–Kier alpha value is -2.30. The molecule has 1 aromatic heterocycles. The van der Waals surface area contributed by atoms with Gasteiger partial charge in [0.1, 0.15) is 11.6 Å². The van der Waals surface area contributed by atoms with Gasteiger partial charge in [0.25, 0.3) is 0 Å². The molecular weight excluding hydrogens is 259 g/mol. The van der Waals surface area contributed by atoms with Gasteiger partial charge in [-0.25, -0.2) is 14.4 Å². The monoisotopic (exact) mass is 273 g/mol. The Bertz CT molecular complexity index is 663. The second-order valence-corrected chi connectivity index (χ2v) is 5.50. The summed E-state index contributed by atoms with van der Waals surface area (Å²) in [5, 5.41) is 11.2. The van der Waals surface area contributed by atoms with Crippen molar-refractivity contribution in [2.45, 2.75) is 26.2 Å². The predicted molar refractivity (Wildman–Crippen MR) is 70.5 cm³/mol. The molecule has 1 heterocycles. The van der Waals surface area contributed by atoms with E-state index in [1.165, 1.54) is 24.4 Å². The van der Waals surface area contributed by atoms with Gasteiger partial charge in [0.2, 0.25) is 0 Å². The van der Waals surface area contributed by atoms with Crippen LogP contribution in [-0.2, 0) is 5.41 Å². The fourth-order valence-electron chi connectivity index (χ4n) is 1.75. The van der Waals surface area contributed by atoms with Crippen molar-refractivity contribution < 1.29 is 14.3 Å². The van der Waals surface area contributed by atoms with Crippen LogP contribution in [-0.4, -0.2) is 15.9 Å². The Balaban J connectivity index is 2.67. The number of nitrogens with zero attached hydrogens (tertiary/aromatic N) is 2. The molecule has 0 saturated heterocycles. The van der Waals surface area contributed by atoms with Crippen molar-refractivity contribution in [2.75, 3.05) is 0 Å². The molecule has 0 fully saturated rings. The average molecular weight is 273 g/mol. The van der Waals surface area contributed by atoms with Crippen LogP contribution in [0, 0.1) is 5.82 Å². The van der Waals surface area contributed by atoms with Crippen LogP contribution in [0.5, 0.6) is 0 Å². The summed E-state index contributed by atoms with van der Waals surface area (Å²) in [6.07, 6.45) is 1.21. The number of aromatic carboxylic acids is 1. The van der Waals surface area contributed by atoms with Gasteiger partial charge in [-0.2, -0.15) is 0 Å². The molecule has 0 aliphatic carbocycles. The summed E-state index contributed by atoms with van der Waals surface area (Å²) in [5.74, 6) is -1.35. The zero-order chi connectivity index (χ0) is 14.9. The van der Waals surface area contributed by atoms with Crippen LogP contribution in [0.3, 0.4) is 0 Å². The molecule has 0 unspecified atom stereocenters. The molecule has 0 spiro atoms. The SMILES string of the molecule is CC(C)(C)c1ncc(C(=O)[O-])c(-c2cccc(F)c2)n1. The minimum Gasteiger partial charge on any atom is -0.545 e. The summed E-state index contributed by atoms with van der Waals surface area (Å²) in [6.45, 7) is 5.74. The van der Waals surface area contributed by atoms with Crippen LogP contribution in [0.2, 0.25) is 0 Å². The molecule has 0 aliphatic heterocycles. The minimum atomic E-state index is -1.38. The van der Waals surface area contributed by atoms with E-state index in [4.69, 9.17) is 0 Å². The van der Waals surface area contributed by atoms with E-state index in [-0.39, 0.29) is 16.7 Å². The zero-order valence-electron chi connectivity index (χ0n) is 11.5. The van der Waals surface area contributed by atoms with E-state index in [0.29, 0.717) is 11.4 Å². The summed E-state index contributed by atoms with van der Waals surface area (Å²) < 4.78 is 13.3. The van der Waals surface area contributed by atoms with Gasteiger partial charge in [-0.05, 0) is 12.1 Å². The Morgan fingerprint density at radius 3 is 2.55 bits per heavy atom. The van der Waals surface area contributed by atoms with E-state index in [1.807, 2.05) is 20.8 Å². The number of carboxylic acid groups (broad SMARTS) is 1. The van der Waals surface area contributed by atoms with Gasteiger partial charge in [-0.15, -0.1) is 0 Å². The Kier molecular flexibility index (Phi) is 3.53. The number of hydrogen-bond donors (Lipinski definition) is 0. The Morgan fingerprint density at radius 1 is 1.30 bits per heavy atom. The Morgan fingerprint density at radius 2 is 2.00 bits per heavy atom. The van der Waals surface area contributed by atoms with Crippen LogP contribution in [0.4, 0.5) is 4.39 Å². The summed E-state index contributed by atoms with van der Waals surface area (Å²) in [6, 6.07) is 5.63. The van der Waals surface area contributed by atoms with Gasteiger partial charge < -0.3 is 9.90 Å². The first-order chi connectivity index (χ1) is 9.29. The van der Waals surface area contributed by atoms with Crippen LogP contribution in [0.25, 0.3) is 11.3 Å². The molecule has 0 amide bonds. The lowest BCUT2D eigenvalue weighted by molar-refractivity contribution is -0.255. The van der Waals surface area contributed by atoms with Gasteiger partial charge in [0.15, 0.2) is 0 Å². The minimum absolute atomic E-state index is 0.149. The topological polar surface area (TPSA) is 65.9 Å². The number of hydrogen-bond acceptors (Lipinski definition) is 4. The standard InChI is InChI=1S/C15H15FN2O2/c1-15(2,3)14-17-8-11(13(19)20)12(18-14)9-5-4-6-10(16)7-9/h4-8H,1-3H3,(H,19,20)/p-1. The zero-order valence-corrected chi connectivity index (χ0v) is 11.5. The molecular formula is C15H14FN2O2-. The van der Waals surface area contributed by atoms with Crippen molar-refractivity contribution in [1.29, 1.82) is 0 Å². The largest absolute Gasteiger partial charge is 0.545 e. The molecule has 0 bridgehead atoms. The van der Waals surface area contributed by atoms with Crippen molar-refractivity contribution in [2.24, 2.45) is 0 Å². The normalized spacial score (nSPS) is 11.4. The Labute approximate surface area is 116 Å². The van der Waals surface area contributed by atoms with Gasteiger partial charge in [0.05, 0.1) is 11.7 Å². The average Bonchev–Trinajstić information content (AvgIpc) is 2.37. The molecule has 0 radical (unpaired) electrons. The lowest BCUT2D eigenvalue weighted by Crippen LogP contribution is -2.25. The quantitative estimate of drug-likeness (QED) is 0.838. The molecule has 2 aromatic rings. The summed E-state index contributed by atoms with van der Waals surface area (Å²) in [4.78, 5) is 19.5. The number of aromatic nitrogens is 2. The highest BCUT2D eigenvalue weighted by Gasteiger charge is 2.20. The molecule has 0 N–H and O–H groups in total. The predicted octanol–water partition coefficient (Wildman–Crippen LogP) is 1.94. The maximum absolute atomic E-state index is 13.3. The molecule has 4 nitrogen and oxygen atoms in total. The van der Waals surface area contributed by atoms with Crippen molar-refractivity contribution in [3.8, 4) is 11.3 Å². The maximum atomic E-state index is 13.3. The number of benzene rings is 1. The number of carbonyl (C=O) groups is 1. The van der Waals surface area contributed by atoms with Gasteiger partial charge in [-0.3, -0.25) is 0 Å². The third-order valence-electron chi connectivity index (χ3n) is 2.78. The van der Waals surface area contributed by atoms with E-state index >= 15 is 0 Å². The summed E-state index contributed by atoms with van der Waals surface area (Å²) >= 11 is 0. The van der Waals surface area contributed by atoms with E-state index < -0.39 is 11.8 Å². The van der Waals surface area contributed by atoms with Crippen molar-refractivity contribution in [1.82, 2.24) is 9.97 Å². The highest BCUT2D eigenvalue weighted by atomic mass is 19.1. The fraction of sp³-hybridized carbons (Fsp3) is 0.267. The molecule has 104 valence electrons. The van der Waals surface area contributed by atoms with Crippen molar-refractivity contribution >= 4 is 5.97 Å². The van der Waals surface area contributed by atoms with E-state index in [0.717, 1.165) is 0 Å². The molecule has 0 aliphatic rings. The molecule has 20 heavy (non-hydrogen) atoms. The van der Waals surface area contributed by atoms with Gasteiger partial charge in [0, 0.05) is 22.7 Å². The number of carboxylic acids is 1. The first kappa shape index (κ1) is 14.1. The van der Waals surface area contributed by atoms with Crippen LogP contribution in [0.15, 0.2) is 30.5 Å². The number of rotatable bonds is 2. The second-order valence-electron chi connectivity index (χ2n) is 5.50. The third-order valence-corrected chi connectivity index (χ3v) is 2.78. The van der Waals surface area contributed by atoms with Crippen LogP contribution < -0.4 is 5.11 Å². The molecule has 0 saturated carbocycles. The smallest absolute Gasteiger partial charge is 0.134 e. The molecule has 5 heteroatoms. The van der Waals surface area contributed by atoms with Gasteiger partial charge in [-0.1, -0.05) is 32.9 Å². The highest BCUT2D eigenvalue weighted by molar-refractivity contribution is 5.93. The van der Waals surface area contributed by atoms with Crippen molar-refractivity contribution in [3.63, 3.8) is 0 Å². The number of carbonyl (C=O) groups excluding carboxylic acids is 1. The van der Waals surface area contributed by atoms with Crippen LogP contribution >= 0.6 is 0 Å². The fourth-order valence-corrected chi connectivity index (χ4v) is 1.75. The van der Waals surface area contributed by atoms with Gasteiger partial charge >= 0.3 is 0 Å². The first-order valence-corrected chi connectivity index (χ1v) is 6.14. The first-order valence-electron chi connectivity index (χ1n) is 6.14. The summed E-state index contributed by atoms with van der Waals surface area (Å²) in [7, 11) is 0.